The molecule has 1 aromatic carbocycles. The van der Waals surface area contributed by atoms with Gasteiger partial charge in [0.05, 0.1) is 14.2 Å². The maximum absolute atomic E-state index is 12.1. The molecule has 144 valence electrons. The minimum atomic E-state index is -4.79. The van der Waals surface area contributed by atoms with Gasteiger partial charge < -0.3 is 19.7 Å². The minimum Gasteiger partial charge on any atom is -0.453 e. The third-order valence-electron chi connectivity index (χ3n) is 3.35. The number of imide groups is 1. The number of hydrogen-bond donors (Lipinski definition) is 3. The lowest BCUT2D eigenvalue weighted by molar-refractivity contribution is -0.885. The van der Waals surface area contributed by atoms with Crippen molar-refractivity contribution in [2.45, 2.75) is 19.3 Å². The highest BCUT2D eigenvalue weighted by Crippen LogP contribution is 2.23. The Balaban J connectivity index is 2.55. The molecule has 0 aromatic heterocycles. The summed E-state index contributed by atoms with van der Waals surface area (Å²) in [4.78, 5) is 35.2. The number of alkyl carbamates (subject to hydrolysis) is 1. The van der Waals surface area contributed by atoms with Crippen LogP contribution in [0.1, 0.15) is 6.92 Å². The lowest BCUT2D eigenvalue weighted by atomic mass is 10.2. The Hall–Kier alpha value is -2.82. The number of anilines is 1. The molecular formula is C15H19F3N3O5+. The van der Waals surface area contributed by atoms with Gasteiger partial charge in [-0.1, -0.05) is 0 Å². The van der Waals surface area contributed by atoms with Crippen molar-refractivity contribution in [3.05, 3.63) is 24.3 Å². The van der Waals surface area contributed by atoms with Crippen molar-refractivity contribution >= 4 is 23.6 Å². The molecule has 1 unspecified atom stereocenters. The molecule has 11 heteroatoms. The molecule has 0 heterocycles. The Morgan fingerprint density at radius 2 is 1.77 bits per heavy atom. The minimum absolute atomic E-state index is 0.115. The van der Waals surface area contributed by atoms with Crippen molar-refractivity contribution < 1.29 is 41.9 Å². The third-order valence-corrected chi connectivity index (χ3v) is 3.35. The number of amides is 3. The number of ether oxygens (including phenoxy) is 2. The van der Waals surface area contributed by atoms with Gasteiger partial charge in [0.15, 0.2) is 12.6 Å². The maximum atomic E-state index is 12.1. The first-order valence-electron chi connectivity index (χ1n) is 7.38. The fourth-order valence-corrected chi connectivity index (χ4v) is 1.84. The fraction of sp³-hybridized carbons (Fsp3) is 0.400. The molecule has 3 amide bonds. The van der Waals surface area contributed by atoms with Gasteiger partial charge in [-0.3, -0.25) is 14.9 Å². The second-order valence-corrected chi connectivity index (χ2v) is 5.35. The average molecular weight is 378 g/mol. The van der Waals surface area contributed by atoms with Gasteiger partial charge in [-0.2, -0.15) is 0 Å². The van der Waals surface area contributed by atoms with Gasteiger partial charge in [0.25, 0.3) is 11.8 Å². The van der Waals surface area contributed by atoms with Gasteiger partial charge in [-0.15, -0.1) is 13.2 Å². The Labute approximate surface area is 147 Å². The van der Waals surface area contributed by atoms with Crippen LogP contribution in [0.25, 0.3) is 0 Å². The largest absolute Gasteiger partial charge is 0.573 e. The van der Waals surface area contributed by atoms with Crippen LogP contribution in [-0.2, 0) is 14.3 Å². The number of rotatable bonds is 6. The Bertz CT molecular complexity index is 649. The summed E-state index contributed by atoms with van der Waals surface area (Å²) in [6.45, 7) is 1.40. The van der Waals surface area contributed by atoms with E-state index in [4.69, 9.17) is 0 Å². The predicted molar refractivity (Wildman–Crippen MR) is 83.5 cm³/mol. The Morgan fingerprint density at radius 3 is 2.27 bits per heavy atom. The summed E-state index contributed by atoms with van der Waals surface area (Å²) in [7, 11) is 2.68. The van der Waals surface area contributed by atoms with Crippen LogP contribution in [-0.4, -0.2) is 51.0 Å². The van der Waals surface area contributed by atoms with E-state index in [1.165, 1.54) is 19.1 Å². The van der Waals surface area contributed by atoms with Crippen molar-refractivity contribution in [2.75, 3.05) is 26.0 Å². The van der Waals surface area contributed by atoms with E-state index in [9.17, 15) is 27.6 Å². The number of methoxy groups -OCH3 is 1. The zero-order valence-corrected chi connectivity index (χ0v) is 14.3. The molecule has 2 atom stereocenters. The summed E-state index contributed by atoms with van der Waals surface area (Å²) in [5.74, 6) is -1.49. The zero-order valence-electron chi connectivity index (χ0n) is 14.3. The van der Waals surface area contributed by atoms with E-state index in [-0.39, 0.29) is 12.2 Å². The van der Waals surface area contributed by atoms with Crippen molar-refractivity contribution in [1.82, 2.24) is 5.32 Å². The molecule has 0 aliphatic carbocycles. The van der Waals surface area contributed by atoms with Crippen molar-refractivity contribution in [2.24, 2.45) is 0 Å². The highest BCUT2D eigenvalue weighted by Gasteiger charge is 2.31. The van der Waals surface area contributed by atoms with Gasteiger partial charge >= 0.3 is 12.5 Å². The third kappa shape index (κ3) is 7.38. The Morgan fingerprint density at radius 1 is 1.19 bits per heavy atom. The summed E-state index contributed by atoms with van der Waals surface area (Å²) in [5, 5.41) is 4.49. The topological polar surface area (TPSA) is 98.2 Å². The van der Waals surface area contributed by atoms with E-state index in [0.717, 1.165) is 19.2 Å². The molecule has 26 heavy (non-hydrogen) atoms. The van der Waals surface area contributed by atoms with Crippen LogP contribution in [0.2, 0.25) is 0 Å². The summed E-state index contributed by atoms with van der Waals surface area (Å²) >= 11 is 0. The molecule has 0 aliphatic heterocycles. The number of nitrogens with one attached hydrogen (secondary N) is 3. The van der Waals surface area contributed by atoms with Crippen LogP contribution in [0.4, 0.5) is 23.7 Å². The van der Waals surface area contributed by atoms with Crippen LogP contribution in [0.3, 0.4) is 0 Å². The van der Waals surface area contributed by atoms with E-state index in [0.29, 0.717) is 4.90 Å². The van der Waals surface area contributed by atoms with E-state index >= 15 is 0 Å². The van der Waals surface area contributed by atoms with Gasteiger partial charge in [0.2, 0.25) is 0 Å². The smallest absolute Gasteiger partial charge is 0.453 e. The number of hydrogen-bond acceptors (Lipinski definition) is 5. The summed E-state index contributed by atoms with van der Waals surface area (Å²) in [6.07, 6.45) is -5.70. The number of halogens is 3. The standard InChI is InChI=1S/C15H18F3N3O5/c1-9(13(23)20-14(24)25-3)21(2)8-12(22)19-10-4-6-11(7-5-10)26-15(16,17)18/h4-7,9H,8H2,1-3H3,(H,19,22)(H,20,23,24)/p+1/t9-/m0/s1. The SMILES string of the molecule is COC(=O)NC(=O)[C@H](C)[NH+](C)CC(=O)Nc1ccc(OC(F)(F)F)cc1. The molecule has 0 spiro atoms. The van der Waals surface area contributed by atoms with E-state index in [1.54, 1.807) is 7.05 Å². The van der Waals surface area contributed by atoms with Crippen LogP contribution >= 0.6 is 0 Å². The highest BCUT2D eigenvalue weighted by molar-refractivity contribution is 5.94. The lowest BCUT2D eigenvalue weighted by Gasteiger charge is -2.20. The molecule has 1 aromatic rings. The van der Waals surface area contributed by atoms with Crippen molar-refractivity contribution in [3.8, 4) is 5.75 Å². The summed E-state index contributed by atoms with van der Waals surface area (Å²) in [6, 6.07) is 3.91. The lowest BCUT2D eigenvalue weighted by Crippen LogP contribution is -3.15. The molecule has 3 N–H and O–H groups in total. The van der Waals surface area contributed by atoms with E-state index < -0.39 is 36.1 Å². The maximum Gasteiger partial charge on any atom is 0.573 e. The first kappa shape index (κ1) is 21.2. The number of carbonyl (C=O) groups is 3. The number of benzene rings is 1. The van der Waals surface area contributed by atoms with Crippen LogP contribution < -0.4 is 20.3 Å². The molecular weight excluding hydrogens is 359 g/mol. The van der Waals surface area contributed by atoms with Gasteiger partial charge in [0.1, 0.15) is 5.75 Å². The molecule has 0 fully saturated rings. The second kappa shape index (κ2) is 9.04. The van der Waals surface area contributed by atoms with E-state index in [1.807, 2.05) is 5.32 Å². The monoisotopic (exact) mass is 378 g/mol. The molecule has 1 rings (SSSR count). The molecule has 8 nitrogen and oxygen atoms in total. The number of carbonyl (C=O) groups excluding carboxylic acids is 3. The van der Waals surface area contributed by atoms with Gasteiger partial charge in [-0.25, -0.2) is 4.79 Å². The average Bonchev–Trinajstić information content (AvgIpc) is 2.54. The molecule has 0 aliphatic rings. The number of likely N-dealkylation sites (N-methyl/N-ethyl adjacent to an activating group) is 1. The van der Waals surface area contributed by atoms with Crippen molar-refractivity contribution in [1.29, 1.82) is 0 Å². The molecule has 0 bridgehead atoms. The van der Waals surface area contributed by atoms with Crippen LogP contribution in [0.15, 0.2) is 24.3 Å². The van der Waals surface area contributed by atoms with Gasteiger partial charge in [0, 0.05) is 5.69 Å². The first-order chi connectivity index (χ1) is 12.0. The molecule has 0 radical (unpaired) electrons. The van der Waals surface area contributed by atoms with Crippen LogP contribution in [0.5, 0.6) is 5.75 Å². The molecule has 0 saturated heterocycles. The molecule has 0 saturated carbocycles. The zero-order chi connectivity index (χ0) is 19.9. The summed E-state index contributed by atoms with van der Waals surface area (Å²) < 4.78 is 44.3. The number of quaternary nitrogens is 1. The fourth-order valence-electron chi connectivity index (χ4n) is 1.84. The highest BCUT2D eigenvalue weighted by atomic mass is 19.4. The summed E-state index contributed by atoms with van der Waals surface area (Å²) in [5.41, 5.74) is 0.268. The van der Waals surface area contributed by atoms with Gasteiger partial charge in [-0.05, 0) is 31.2 Å². The quantitative estimate of drug-likeness (QED) is 0.662. The Kier molecular flexibility index (Phi) is 7.38. The van der Waals surface area contributed by atoms with Crippen molar-refractivity contribution in [3.63, 3.8) is 0 Å². The second-order valence-electron chi connectivity index (χ2n) is 5.35. The first-order valence-corrected chi connectivity index (χ1v) is 7.38. The predicted octanol–water partition coefficient (Wildman–Crippen LogP) is 0.310. The number of alkyl halides is 3. The van der Waals surface area contributed by atoms with E-state index in [2.05, 4.69) is 14.8 Å². The van der Waals surface area contributed by atoms with Crippen LogP contribution in [0, 0.1) is 0 Å². The normalized spacial score (nSPS) is 13.3.